The van der Waals surface area contributed by atoms with Gasteiger partial charge < -0.3 is 10.2 Å². The van der Waals surface area contributed by atoms with E-state index in [-0.39, 0.29) is 0 Å². The van der Waals surface area contributed by atoms with Crippen LogP contribution in [0, 0.1) is 13.8 Å². The molecule has 2 aromatic carbocycles. The van der Waals surface area contributed by atoms with Crippen LogP contribution in [-0.4, -0.2) is 37.1 Å². The van der Waals surface area contributed by atoms with Crippen molar-refractivity contribution in [3.63, 3.8) is 0 Å². The van der Waals surface area contributed by atoms with E-state index < -0.39 is 0 Å². The minimum Gasteiger partial charge on any atom is -0.383 e. The van der Waals surface area contributed by atoms with E-state index in [0.29, 0.717) is 0 Å². The van der Waals surface area contributed by atoms with E-state index >= 15 is 0 Å². The van der Waals surface area contributed by atoms with E-state index in [2.05, 4.69) is 74.6 Å². The molecule has 3 nitrogen and oxygen atoms in total. The van der Waals surface area contributed by atoms with Crippen LogP contribution in [0.4, 0.5) is 5.69 Å². The molecule has 3 heteroatoms. The molecule has 0 spiro atoms. The highest BCUT2D eigenvalue weighted by atomic mass is 15.1. The van der Waals surface area contributed by atoms with Crippen molar-refractivity contribution in [2.75, 3.05) is 32.5 Å². The summed E-state index contributed by atoms with van der Waals surface area (Å²) < 4.78 is 0. The van der Waals surface area contributed by atoms with Gasteiger partial charge >= 0.3 is 0 Å². The molecule has 0 unspecified atom stereocenters. The quantitative estimate of drug-likeness (QED) is 0.738. The Kier molecular flexibility index (Phi) is 3.99. The molecule has 0 fully saturated rings. The van der Waals surface area contributed by atoms with Crippen molar-refractivity contribution in [2.24, 2.45) is 0 Å². The molecule has 0 aliphatic heterocycles. The van der Waals surface area contributed by atoms with Crippen LogP contribution < -0.4 is 5.32 Å². The Labute approximate surface area is 132 Å². The van der Waals surface area contributed by atoms with E-state index in [1.807, 2.05) is 0 Å². The van der Waals surface area contributed by atoms with E-state index in [4.69, 9.17) is 4.98 Å². The summed E-state index contributed by atoms with van der Waals surface area (Å²) in [6.07, 6.45) is 0. The maximum Gasteiger partial charge on any atom is 0.0730 e. The van der Waals surface area contributed by atoms with Crippen LogP contribution in [-0.2, 0) is 0 Å². The molecule has 0 saturated heterocycles. The zero-order chi connectivity index (χ0) is 15.7. The predicted molar refractivity (Wildman–Crippen MR) is 95.8 cm³/mol. The average Bonchev–Trinajstić information content (AvgIpc) is 2.47. The second-order valence-corrected chi connectivity index (χ2v) is 6.26. The second-order valence-electron chi connectivity index (χ2n) is 6.26. The molecule has 0 radical (unpaired) electrons. The van der Waals surface area contributed by atoms with Gasteiger partial charge in [-0.3, -0.25) is 0 Å². The minimum atomic E-state index is 0.920. The van der Waals surface area contributed by atoms with Crippen LogP contribution in [0.1, 0.15) is 11.1 Å². The van der Waals surface area contributed by atoms with Crippen LogP contribution in [0.5, 0.6) is 0 Å². The van der Waals surface area contributed by atoms with Gasteiger partial charge in [0.25, 0.3) is 0 Å². The highest BCUT2D eigenvalue weighted by Crippen LogP contribution is 2.31. The number of anilines is 1. The second kappa shape index (κ2) is 5.93. The number of aromatic nitrogens is 1. The molecule has 3 aromatic rings. The van der Waals surface area contributed by atoms with Crippen molar-refractivity contribution in [3.8, 4) is 0 Å². The lowest BCUT2D eigenvalue weighted by Crippen LogP contribution is -2.21. The first-order valence-electron chi connectivity index (χ1n) is 7.74. The molecule has 1 N–H and O–H groups in total. The third kappa shape index (κ3) is 2.90. The molecular formula is C19H23N3. The molecular weight excluding hydrogens is 270 g/mol. The van der Waals surface area contributed by atoms with E-state index in [1.165, 1.54) is 27.6 Å². The zero-order valence-corrected chi connectivity index (χ0v) is 13.8. The molecule has 0 aliphatic rings. The summed E-state index contributed by atoms with van der Waals surface area (Å²) in [6, 6.07) is 12.9. The Balaban J connectivity index is 2.19. The van der Waals surface area contributed by atoms with Crippen LogP contribution >= 0.6 is 0 Å². The first-order valence-corrected chi connectivity index (χ1v) is 7.74. The number of fused-ring (bicyclic) bond motifs is 2. The van der Waals surface area contributed by atoms with Crippen molar-refractivity contribution in [2.45, 2.75) is 13.8 Å². The fourth-order valence-corrected chi connectivity index (χ4v) is 2.77. The van der Waals surface area contributed by atoms with Gasteiger partial charge in [-0.25, -0.2) is 4.98 Å². The van der Waals surface area contributed by atoms with Crippen molar-refractivity contribution in [1.29, 1.82) is 0 Å². The van der Waals surface area contributed by atoms with Crippen molar-refractivity contribution < 1.29 is 0 Å². The standard InChI is InChI=1S/C19H23N3/c1-13-5-7-17-15(11-13)19(20-9-10-22(3)4)16-12-14(2)6-8-18(16)21-17/h5-8,11-12H,9-10H2,1-4H3,(H,20,21). The zero-order valence-electron chi connectivity index (χ0n) is 13.8. The summed E-state index contributed by atoms with van der Waals surface area (Å²) >= 11 is 0. The van der Waals surface area contributed by atoms with Gasteiger partial charge in [-0.1, -0.05) is 23.3 Å². The number of pyridine rings is 1. The largest absolute Gasteiger partial charge is 0.383 e. The summed E-state index contributed by atoms with van der Waals surface area (Å²) in [5, 5.41) is 6.05. The predicted octanol–water partition coefficient (Wildman–Crippen LogP) is 3.98. The molecule has 1 heterocycles. The normalized spacial score (nSPS) is 11.5. The van der Waals surface area contributed by atoms with Gasteiger partial charge in [-0.2, -0.15) is 0 Å². The number of aryl methyl sites for hydroxylation is 2. The summed E-state index contributed by atoms with van der Waals surface area (Å²) in [5.41, 5.74) is 5.83. The average molecular weight is 293 g/mol. The van der Waals surface area contributed by atoms with Gasteiger partial charge in [0.1, 0.15) is 0 Å². The number of benzene rings is 2. The third-order valence-corrected chi connectivity index (χ3v) is 3.94. The van der Waals surface area contributed by atoms with Gasteiger partial charge in [-0.15, -0.1) is 0 Å². The maximum absolute atomic E-state index is 4.81. The molecule has 0 aliphatic carbocycles. The molecule has 0 atom stereocenters. The first-order chi connectivity index (χ1) is 10.5. The maximum atomic E-state index is 4.81. The number of likely N-dealkylation sites (N-methyl/N-ethyl adjacent to an activating group) is 1. The van der Waals surface area contributed by atoms with Crippen molar-refractivity contribution >= 4 is 27.5 Å². The molecule has 0 saturated carbocycles. The lowest BCUT2D eigenvalue weighted by atomic mass is 10.0. The third-order valence-electron chi connectivity index (χ3n) is 3.94. The van der Waals surface area contributed by atoms with Crippen LogP contribution in [0.15, 0.2) is 36.4 Å². The Hall–Kier alpha value is -2.13. The fraction of sp³-hybridized carbons (Fsp3) is 0.316. The summed E-state index contributed by atoms with van der Waals surface area (Å²) in [4.78, 5) is 7.00. The molecule has 22 heavy (non-hydrogen) atoms. The Morgan fingerprint density at radius 3 is 1.95 bits per heavy atom. The number of nitrogens with zero attached hydrogens (tertiary/aromatic N) is 2. The van der Waals surface area contributed by atoms with E-state index in [1.54, 1.807) is 0 Å². The number of rotatable bonds is 4. The monoisotopic (exact) mass is 293 g/mol. The smallest absolute Gasteiger partial charge is 0.0730 e. The van der Waals surface area contributed by atoms with Crippen molar-refractivity contribution in [1.82, 2.24) is 9.88 Å². The summed E-state index contributed by atoms with van der Waals surface area (Å²) in [7, 11) is 4.19. The molecule has 3 rings (SSSR count). The Morgan fingerprint density at radius 2 is 1.45 bits per heavy atom. The lowest BCUT2D eigenvalue weighted by Gasteiger charge is -2.16. The lowest BCUT2D eigenvalue weighted by molar-refractivity contribution is 0.425. The SMILES string of the molecule is Cc1ccc2nc3ccc(C)cc3c(NCCN(C)C)c2c1. The van der Waals surface area contributed by atoms with Crippen LogP contribution in [0.3, 0.4) is 0 Å². The van der Waals surface area contributed by atoms with E-state index in [9.17, 15) is 0 Å². The fourth-order valence-electron chi connectivity index (χ4n) is 2.77. The van der Waals surface area contributed by atoms with Gasteiger partial charge in [0, 0.05) is 23.9 Å². The van der Waals surface area contributed by atoms with Crippen LogP contribution in [0.2, 0.25) is 0 Å². The Bertz CT molecular complexity index is 762. The topological polar surface area (TPSA) is 28.2 Å². The highest BCUT2D eigenvalue weighted by molar-refractivity contribution is 6.07. The van der Waals surface area contributed by atoms with Gasteiger partial charge in [0.15, 0.2) is 0 Å². The van der Waals surface area contributed by atoms with Gasteiger partial charge in [-0.05, 0) is 52.2 Å². The highest BCUT2D eigenvalue weighted by Gasteiger charge is 2.09. The van der Waals surface area contributed by atoms with E-state index in [0.717, 1.165) is 24.1 Å². The van der Waals surface area contributed by atoms with Crippen molar-refractivity contribution in [3.05, 3.63) is 47.5 Å². The molecule has 1 aromatic heterocycles. The number of hydrogen-bond donors (Lipinski definition) is 1. The minimum absolute atomic E-state index is 0.920. The van der Waals surface area contributed by atoms with Gasteiger partial charge in [0.2, 0.25) is 0 Å². The Morgan fingerprint density at radius 1 is 0.909 bits per heavy atom. The first kappa shape index (κ1) is 14.8. The van der Waals surface area contributed by atoms with Gasteiger partial charge in [0.05, 0.1) is 16.7 Å². The molecule has 0 bridgehead atoms. The number of hydrogen-bond acceptors (Lipinski definition) is 3. The molecule has 0 amide bonds. The molecule has 114 valence electrons. The summed E-state index contributed by atoms with van der Waals surface area (Å²) in [6.45, 7) is 6.18. The van der Waals surface area contributed by atoms with Crippen LogP contribution in [0.25, 0.3) is 21.8 Å². The number of nitrogens with one attached hydrogen (secondary N) is 1. The summed E-state index contributed by atoms with van der Waals surface area (Å²) in [5.74, 6) is 0.